The van der Waals surface area contributed by atoms with Crippen LogP contribution in [0.15, 0.2) is 69.4 Å². The topological polar surface area (TPSA) is 134 Å². The number of furan rings is 1. The Hall–Kier alpha value is -4.14. The number of nitrogens with zero attached hydrogens (tertiary/aromatic N) is 2. The average molecular weight is 603 g/mol. The van der Waals surface area contributed by atoms with Crippen LogP contribution in [0.4, 0.5) is 10.7 Å². The Balaban J connectivity index is 1.38. The lowest BCUT2D eigenvalue weighted by molar-refractivity contribution is -0.114. The number of nitriles is 1. The van der Waals surface area contributed by atoms with E-state index in [1.807, 2.05) is 18.2 Å². The summed E-state index contributed by atoms with van der Waals surface area (Å²) in [6.07, 6.45) is 5.19. The summed E-state index contributed by atoms with van der Waals surface area (Å²) in [6.45, 7) is 3.72. The number of carbonyl (C=O) groups is 3. The number of allylic oxidation sites excluding steroid dienone is 1. The molecule has 1 aromatic carbocycles. The summed E-state index contributed by atoms with van der Waals surface area (Å²) in [6, 6.07) is 14.8. The molecule has 2 amide bonds. The summed E-state index contributed by atoms with van der Waals surface area (Å²) < 4.78 is 11.0. The SMILES string of the molecule is CCOC(=O)c1c(NC(=O)CSC2=NC(C)=C(C(=O)Nc3ccccc3)[C@H](c3ccco3)C2C#N)sc2c1CCCC2. The van der Waals surface area contributed by atoms with Gasteiger partial charge in [0.05, 0.1) is 46.8 Å². The van der Waals surface area contributed by atoms with Crippen LogP contribution in [-0.4, -0.2) is 35.2 Å². The normalized spacial score (nSPS) is 18.0. The zero-order valence-electron chi connectivity index (χ0n) is 23.3. The number of thiophene rings is 1. The van der Waals surface area contributed by atoms with E-state index in [-0.39, 0.29) is 24.2 Å². The van der Waals surface area contributed by atoms with Crippen molar-refractivity contribution in [1.82, 2.24) is 0 Å². The summed E-state index contributed by atoms with van der Waals surface area (Å²) >= 11 is 2.56. The zero-order valence-corrected chi connectivity index (χ0v) is 24.9. The number of aryl methyl sites for hydroxylation is 1. The predicted molar refractivity (Wildman–Crippen MR) is 164 cm³/mol. The molecule has 2 atom stereocenters. The lowest BCUT2D eigenvalue weighted by Crippen LogP contribution is -2.31. The van der Waals surface area contributed by atoms with E-state index in [4.69, 9.17) is 9.15 Å². The number of carbonyl (C=O) groups excluding carboxylic acids is 3. The van der Waals surface area contributed by atoms with Gasteiger partial charge in [0.25, 0.3) is 5.91 Å². The van der Waals surface area contributed by atoms with Gasteiger partial charge in [0.2, 0.25) is 5.91 Å². The largest absolute Gasteiger partial charge is 0.469 e. The van der Waals surface area contributed by atoms with Crippen molar-refractivity contribution in [3.05, 3.63) is 81.8 Å². The second kappa shape index (κ2) is 13.2. The molecule has 3 heterocycles. The lowest BCUT2D eigenvalue weighted by atomic mass is 9.81. The first-order chi connectivity index (χ1) is 20.4. The van der Waals surface area contributed by atoms with E-state index in [1.165, 1.54) is 17.6 Å². The maximum absolute atomic E-state index is 13.4. The third kappa shape index (κ3) is 6.20. The van der Waals surface area contributed by atoms with Gasteiger partial charge in [-0.05, 0) is 69.4 Å². The van der Waals surface area contributed by atoms with Gasteiger partial charge in [-0.1, -0.05) is 30.0 Å². The Morgan fingerprint density at radius 1 is 1.14 bits per heavy atom. The van der Waals surface area contributed by atoms with Crippen molar-refractivity contribution in [2.24, 2.45) is 10.9 Å². The monoisotopic (exact) mass is 602 g/mol. The zero-order chi connectivity index (χ0) is 29.6. The molecule has 3 aromatic rings. The van der Waals surface area contributed by atoms with Gasteiger partial charge >= 0.3 is 5.97 Å². The van der Waals surface area contributed by atoms with Crippen LogP contribution in [-0.2, 0) is 27.2 Å². The fraction of sp³-hybridized carbons (Fsp3) is 0.323. The Morgan fingerprint density at radius 2 is 1.93 bits per heavy atom. The standard InChI is InChI=1S/C31H30N4O5S2/c1-3-39-31(38)27-20-12-7-8-14-23(20)42-30(27)35-24(36)17-41-29-21(16-32)26(22-13-9-15-40-22)25(18(2)33-29)28(37)34-19-10-5-4-6-11-19/h4-6,9-11,13,15,21,26H,3,7-8,12,14,17H2,1-2H3,(H,34,37)(H,35,36)/t21?,26-/m0/s1. The predicted octanol–water partition coefficient (Wildman–Crippen LogP) is 6.32. The Bertz CT molecular complexity index is 1580. The van der Waals surface area contributed by atoms with Crippen molar-refractivity contribution in [2.45, 2.75) is 45.4 Å². The van der Waals surface area contributed by atoms with Gasteiger partial charge in [0, 0.05) is 16.3 Å². The molecule has 0 fully saturated rings. The highest BCUT2D eigenvalue weighted by molar-refractivity contribution is 8.14. The van der Waals surface area contributed by atoms with E-state index in [0.717, 1.165) is 47.9 Å². The molecule has 0 bridgehead atoms. The maximum atomic E-state index is 13.4. The highest BCUT2D eigenvalue weighted by atomic mass is 32.2. The minimum atomic E-state index is -0.849. The first kappa shape index (κ1) is 29.4. The Kier molecular flexibility index (Phi) is 9.25. The number of esters is 1. The number of rotatable bonds is 8. The van der Waals surface area contributed by atoms with Gasteiger partial charge in [-0.25, -0.2) is 9.79 Å². The first-order valence-corrected chi connectivity index (χ1v) is 15.5. The van der Waals surface area contributed by atoms with E-state index in [2.05, 4.69) is 21.7 Å². The molecular formula is C31H30N4O5S2. The second-order valence-corrected chi connectivity index (χ2v) is 11.9. The number of aliphatic imine (C=N–C) groups is 1. The first-order valence-electron chi connectivity index (χ1n) is 13.7. The quantitative estimate of drug-likeness (QED) is 0.288. The number of thioether (sulfide) groups is 1. The van der Waals surface area contributed by atoms with Gasteiger partial charge < -0.3 is 19.8 Å². The van der Waals surface area contributed by atoms with E-state index in [0.29, 0.717) is 38.3 Å². The van der Waals surface area contributed by atoms with Crippen molar-refractivity contribution in [1.29, 1.82) is 5.26 Å². The highest BCUT2D eigenvalue weighted by Crippen LogP contribution is 2.42. The smallest absolute Gasteiger partial charge is 0.341 e. The third-order valence-electron chi connectivity index (χ3n) is 7.10. The van der Waals surface area contributed by atoms with Gasteiger partial charge in [0.1, 0.15) is 16.7 Å². The van der Waals surface area contributed by atoms with E-state index >= 15 is 0 Å². The third-order valence-corrected chi connectivity index (χ3v) is 9.35. The van der Waals surface area contributed by atoms with Crippen LogP contribution in [0.1, 0.15) is 59.2 Å². The van der Waals surface area contributed by atoms with Gasteiger partial charge in [-0.15, -0.1) is 11.3 Å². The molecular weight excluding hydrogens is 572 g/mol. The molecule has 2 N–H and O–H groups in total. The number of hydrogen-bond donors (Lipinski definition) is 2. The van der Waals surface area contributed by atoms with Crippen LogP contribution in [0.2, 0.25) is 0 Å². The molecule has 216 valence electrons. The average Bonchev–Trinajstić information content (AvgIpc) is 3.64. The van der Waals surface area contributed by atoms with Crippen LogP contribution >= 0.6 is 23.1 Å². The molecule has 2 aromatic heterocycles. The van der Waals surface area contributed by atoms with Crippen LogP contribution in [0.25, 0.3) is 0 Å². The van der Waals surface area contributed by atoms with Gasteiger partial charge in [0.15, 0.2) is 0 Å². The molecule has 42 heavy (non-hydrogen) atoms. The molecule has 0 radical (unpaired) electrons. The summed E-state index contributed by atoms with van der Waals surface area (Å²) in [5.74, 6) is -2.27. The van der Waals surface area contributed by atoms with Crippen LogP contribution in [0.5, 0.6) is 0 Å². The number of anilines is 2. The van der Waals surface area contributed by atoms with Gasteiger partial charge in [-0.3, -0.25) is 9.59 Å². The minimum Gasteiger partial charge on any atom is -0.469 e. The number of nitrogens with one attached hydrogen (secondary N) is 2. The second-order valence-electron chi connectivity index (χ2n) is 9.84. The van der Waals surface area contributed by atoms with Crippen molar-refractivity contribution in [3.63, 3.8) is 0 Å². The maximum Gasteiger partial charge on any atom is 0.341 e. The number of amides is 2. The van der Waals surface area contributed by atoms with Crippen molar-refractivity contribution < 1.29 is 23.5 Å². The van der Waals surface area contributed by atoms with E-state index < -0.39 is 17.8 Å². The molecule has 0 saturated heterocycles. The summed E-state index contributed by atoms with van der Waals surface area (Å²) in [7, 11) is 0. The highest BCUT2D eigenvalue weighted by Gasteiger charge is 2.40. The summed E-state index contributed by atoms with van der Waals surface area (Å²) in [4.78, 5) is 45.1. The number of fused-ring (bicyclic) bond motifs is 1. The van der Waals surface area contributed by atoms with E-state index in [9.17, 15) is 19.6 Å². The summed E-state index contributed by atoms with van der Waals surface area (Å²) in [5.41, 5.74) is 2.81. The minimum absolute atomic E-state index is 0.0362. The number of benzene rings is 1. The summed E-state index contributed by atoms with van der Waals surface area (Å²) in [5, 5.41) is 17.0. The molecule has 1 unspecified atom stereocenters. The van der Waals surface area contributed by atoms with Gasteiger partial charge in [-0.2, -0.15) is 5.26 Å². The molecule has 1 aliphatic heterocycles. The molecule has 2 aliphatic rings. The van der Waals surface area contributed by atoms with Crippen LogP contribution in [0.3, 0.4) is 0 Å². The molecule has 5 rings (SSSR count). The Labute approximate surface area is 252 Å². The number of hydrogen-bond acceptors (Lipinski definition) is 9. The molecule has 0 saturated carbocycles. The molecule has 0 spiro atoms. The fourth-order valence-corrected chi connectivity index (χ4v) is 7.47. The van der Waals surface area contributed by atoms with Crippen molar-refractivity contribution >= 4 is 56.6 Å². The number of para-hydroxylation sites is 1. The Morgan fingerprint density at radius 3 is 2.64 bits per heavy atom. The van der Waals surface area contributed by atoms with Crippen molar-refractivity contribution in [2.75, 3.05) is 23.0 Å². The molecule has 9 nitrogen and oxygen atoms in total. The molecule has 1 aliphatic carbocycles. The van der Waals surface area contributed by atoms with E-state index in [1.54, 1.807) is 38.1 Å². The fourth-order valence-electron chi connectivity index (χ4n) is 5.26. The van der Waals surface area contributed by atoms with Crippen LogP contribution in [0, 0.1) is 17.2 Å². The number of ether oxygens (including phenoxy) is 1. The van der Waals surface area contributed by atoms with Crippen molar-refractivity contribution in [3.8, 4) is 6.07 Å². The molecule has 11 heteroatoms. The van der Waals surface area contributed by atoms with Crippen LogP contribution < -0.4 is 10.6 Å². The lowest BCUT2D eigenvalue weighted by Gasteiger charge is -2.28.